The summed E-state index contributed by atoms with van der Waals surface area (Å²) >= 11 is 0. The van der Waals surface area contributed by atoms with E-state index in [1.54, 1.807) is 24.3 Å². The third kappa shape index (κ3) is 6.34. The van der Waals surface area contributed by atoms with E-state index in [9.17, 15) is 18.4 Å². The maximum Gasteiger partial charge on any atom is 0.256 e. The molecule has 0 bridgehead atoms. The van der Waals surface area contributed by atoms with Gasteiger partial charge in [-0.1, -0.05) is 32.0 Å². The number of carbonyl (C=O) groups is 2. The zero-order valence-electron chi connectivity index (χ0n) is 21.3. The number of hydrogen-bond donors (Lipinski definition) is 2. The van der Waals surface area contributed by atoms with Crippen molar-refractivity contribution in [1.29, 1.82) is 0 Å². The second kappa shape index (κ2) is 12.0. The second-order valence-electron chi connectivity index (χ2n) is 9.57. The number of rotatable bonds is 8. The summed E-state index contributed by atoms with van der Waals surface area (Å²) in [5.41, 5.74) is 2.56. The lowest BCUT2D eigenvalue weighted by Gasteiger charge is -2.35. The van der Waals surface area contributed by atoms with Crippen LogP contribution >= 0.6 is 0 Å². The standard InChI is InChI=1S/C30H33F2N3O2/c1-3-16-33-29(36)20(2)21-14-17-35(18-15-21)24-11-9-23(10-12-24)34-30(37)27-7-5-4-6-25(27)26-13-8-22(31)19-28(26)32/h4-13,19-21H,3,14-18H2,1-2H3,(H,33,36)(H,34,37). The molecule has 0 aliphatic carbocycles. The molecule has 1 aliphatic rings. The highest BCUT2D eigenvalue weighted by Gasteiger charge is 2.28. The fraction of sp³-hybridized carbons (Fsp3) is 0.333. The van der Waals surface area contributed by atoms with Crippen molar-refractivity contribution in [2.24, 2.45) is 11.8 Å². The van der Waals surface area contributed by atoms with Gasteiger partial charge in [0.2, 0.25) is 5.91 Å². The molecular weight excluding hydrogens is 472 g/mol. The third-order valence-corrected chi connectivity index (χ3v) is 7.09. The van der Waals surface area contributed by atoms with Crippen LogP contribution in [-0.2, 0) is 4.79 Å². The van der Waals surface area contributed by atoms with Crippen LogP contribution in [0.3, 0.4) is 0 Å². The molecule has 0 spiro atoms. The highest BCUT2D eigenvalue weighted by atomic mass is 19.1. The van der Waals surface area contributed by atoms with Crippen molar-refractivity contribution in [3.63, 3.8) is 0 Å². The van der Waals surface area contributed by atoms with Gasteiger partial charge in [0.1, 0.15) is 11.6 Å². The molecule has 7 heteroatoms. The summed E-state index contributed by atoms with van der Waals surface area (Å²) in [5, 5.41) is 5.88. The number of hydrogen-bond acceptors (Lipinski definition) is 3. The van der Waals surface area contributed by atoms with Crippen molar-refractivity contribution in [2.45, 2.75) is 33.1 Å². The minimum atomic E-state index is -0.718. The predicted octanol–water partition coefficient (Wildman–Crippen LogP) is 6.26. The predicted molar refractivity (Wildman–Crippen MR) is 144 cm³/mol. The Bertz CT molecular complexity index is 1240. The van der Waals surface area contributed by atoms with Crippen LogP contribution in [0, 0.1) is 23.5 Å². The zero-order chi connectivity index (χ0) is 26.4. The average Bonchev–Trinajstić information content (AvgIpc) is 2.92. The van der Waals surface area contributed by atoms with Crippen LogP contribution in [0.5, 0.6) is 0 Å². The largest absolute Gasteiger partial charge is 0.372 e. The minimum Gasteiger partial charge on any atom is -0.372 e. The highest BCUT2D eigenvalue weighted by molar-refractivity contribution is 6.08. The number of piperidine rings is 1. The molecule has 37 heavy (non-hydrogen) atoms. The van der Waals surface area contributed by atoms with E-state index in [2.05, 4.69) is 15.5 Å². The van der Waals surface area contributed by atoms with E-state index in [1.165, 1.54) is 12.1 Å². The number of benzene rings is 3. The molecule has 2 N–H and O–H groups in total. The smallest absolute Gasteiger partial charge is 0.256 e. The topological polar surface area (TPSA) is 61.4 Å². The van der Waals surface area contributed by atoms with E-state index >= 15 is 0 Å². The van der Waals surface area contributed by atoms with Gasteiger partial charge in [0, 0.05) is 54.1 Å². The van der Waals surface area contributed by atoms with Crippen LogP contribution in [0.1, 0.15) is 43.5 Å². The van der Waals surface area contributed by atoms with Crippen molar-refractivity contribution in [3.8, 4) is 11.1 Å². The van der Waals surface area contributed by atoms with Crippen molar-refractivity contribution in [1.82, 2.24) is 5.32 Å². The molecule has 4 rings (SSSR count). The number of nitrogens with one attached hydrogen (secondary N) is 2. The van der Waals surface area contributed by atoms with Crippen LogP contribution in [0.15, 0.2) is 66.7 Å². The van der Waals surface area contributed by atoms with Crippen LogP contribution in [-0.4, -0.2) is 31.4 Å². The molecule has 3 aromatic carbocycles. The van der Waals surface area contributed by atoms with Gasteiger partial charge in [-0.3, -0.25) is 9.59 Å². The van der Waals surface area contributed by atoms with Crippen LogP contribution < -0.4 is 15.5 Å². The zero-order valence-corrected chi connectivity index (χ0v) is 21.3. The Hall–Kier alpha value is -3.74. The fourth-order valence-electron chi connectivity index (χ4n) is 4.86. The minimum absolute atomic E-state index is 0.0116. The lowest BCUT2D eigenvalue weighted by atomic mass is 9.84. The van der Waals surface area contributed by atoms with E-state index in [0.717, 1.165) is 50.7 Å². The van der Waals surface area contributed by atoms with Gasteiger partial charge in [-0.05, 0) is 73.2 Å². The second-order valence-corrected chi connectivity index (χ2v) is 9.57. The number of amides is 2. The Balaban J connectivity index is 1.38. The van der Waals surface area contributed by atoms with Crippen LogP contribution in [0.2, 0.25) is 0 Å². The van der Waals surface area contributed by atoms with E-state index in [1.807, 2.05) is 38.1 Å². The summed E-state index contributed by atoms with van der Waals surface area (Å²) < 4.78 is 27.8. The van der Waals surface area contributed by atoms with Crippen molar-refractivity contribution < 1.29 is 18.4 Å². The Kier molecular flexibility index (Phi) is 8.54. The first-order chi connectivity index (χ1) is 17.9. The lowest BCUT2D eigenvalue weighted by Crippen LogP contribution is -2.40. The highest BCUT2D eigenvalue weighted by Crippen LogP contribution is 2.30. The van der Waals surface area contributed by atoms with E-state index in [-0.39, 0.29) is 23.3 Å². The van der Waals surface area contributed by atoms with Crippen LogP contribution in [0.25, 0.3) is 11.1 Å². The van der Waals surface area contributed by atoms with Gasteiger partial charge >= 0.3 is 0 Å². The summed E-state index contributed by atoms with van der Waals surface area (Å²) in [6.07, 6.45) is 2.85. The summed E-state index contributed by atoms with van der Waals surface area (Å²) in [7, 11) is 0. The van der Waals surface area contributed by atoms with E-state index in [0.29, 0.717) is 22.7 Å². The number of halogens is 2. The van der Waals surface area contributed by atoms with Crippen molar-refractivity contribution in [3.05, 3.63) is 83.9 Å². The van der Waals surface area contributed by atoms with Gasteiger partial charge in [-0.15, -0.1) is 0 Å². The van der Waals surface area contributed by atoms with Gasteiger partial charge in [-0.25, -0.2) is 8.78 Å². The Morgan fingerprint density at radius 3 is 2.35 bits per heavy atom. The maximum absolute atomic E-state index is 14.4. The van der Waals surface area contributed by atoms with E-state index < -0.39 is 11.6 Å². The SMILES string of the molecule is CCCNC(=O)C(C)C1CCN(c2ccc(NC(=O)c3ccccc3-c3ccc(F)cc3F)cc2)CC1. The molecule has 3 aromatic rings. The fourth-order valence-corrected chi connectivity index (χ4v) is 4.86. The molecule has 194 valence electrons. The monoisotopic (exact) mass is 505 g/mol. The van der Waals surface area contributed by atoms with Gasteiger partial charge in [0.15, 0.2) is 0 Å². The first-order valence-corrected chi connectivity index (χ1v) is 12.9. The molecule has 0 saturated carbocycles. The number of nitrogens with zero attached hydrogens (tertiary/aromatic N) is 1. The summed E-state index contributed by atoms with van der Waals surface area (Å²) in [6.45, 7) is 6.54. The first-order valence-electron chi connectivity index (χ1n) is 12.9. The Labute approximate surface area is 216 Å². The maximum atomic E-state index is 14.4. The molecule has 2 amide bonds. The molecule has 1 atom stereocenters. The molecule has 1 aliphatic heterocycles. The van der Waals surface area contributed by atoms with Gasteiger partial charge in [-0.2, -0.15) is 0 Å². The molecule has 0 radical (unpaired) electrons. The van der Waals surface area contributed by atoms with Gasteiger partial charge in [0.05, 0.1) is 0 Å². The van der Waals surface area contributed by atoms with Crippen LogP contribution in [0.4, 0.5) is 20.2 Å². The molecule has 5 nitrogen and oxygen atoms in total. The molecular formula is C30H33F2N3O2. The number of anilines is 2. The van der Waals surface area contributed by atoms with Crippen molar-refractivity contribution >= 4 is 23.2 Å². The third-order valence-electron chi connectivity index (χ3n) is 7.09. The summed E-state index contributed by atoms with van der Waals surface area (Å²) in [4.78, 5) is 27.7. The molecule has 1 fully saturated rings. The van der Waals surface area contributed by atoms with Gasteiger partial charge in [0.25, 0.3) is 5.91 Å². The normalized spacial score (nSPS) is 14.8. The van der Waals surface area contributed by atoms with Crippen molar-refractivity contribution in [2.75, 3.05) is 29.9 Å². The Morgan fingerprint density at radius 1 is 0.973 bits per heavy atom. The lowest BCUT2D eigenvalue weighted by molar-refractivity contribution is -0.126. The molecule has 1 unspecified atom stereocenters. The summed E-state index contributed by atoms with van der Waals surface area (Å²) in [5.74, 6) is -1.23. The quantitative estimate of drug-likeness (QED) is 0.380. The molecule has 1 heterocycles. The first kappa shape index (κ1) is 26.3. The van der Waals surface area contributed by atoms with E-state index in [4.69, 9.17) is 0 Å². The number of carbonyl (C=O) groups excluding carboxylic acids is 2. The van der Waals surface area contributed by atoms with Gasteiger partial charge < -0.3 is 15.5 Å². The molecule has 0 aromatic heterocycles. The average molecular weight is 506 g/mol. The molecule has 1 saturated heterocycles. The Morgan fingerprint density at radius 2 is 1.68 bits per heavy atom. The summed E-state index contributed by atoms with van der Waals surface area (Å²) in [6, 6.07) is 17.7.